The molecule has 3 aromatic rings. The number of ether oxygens (including phenoxy) is 2. The van der Waals surface area contributed by atoms with Crippen LogP contribution in [0.2, 0.25) is 0 Å². The van der Waals surface area contributed by atoms with E-state index in [4.69, 9.17) is 19.4 Å². The largest absolute Gasteiger partial charge is 0.379 e. The molecular formula is C23H28N4O2S. The van der Waals surface area contributed by atoms with Gasteiger partial charge in [-0.1, -0.05) is 30.3 Å². The maximum absolute atomic E-state index is 5.79. The number of nitrogens with one attached hydrogen (secondary N) is 1. The summed E-state index contributed by atoms with van der Waals surface area (Å²) in [4.78, 5) is 13.3. The predicted molar refractivity (Wildman–Crippen MR) is 121 cm³/mol. The van der Waals surface area contributed by atoms with Gasteiger partial charge in [0.25, 0.3) is 0 Å². The zero-order valence-electron chi connectivity index (χ0n) is 17.2. The second kappa shape index (κ2) is 9.39. The smallest absolute Gasteiger partial charge is 0.146 e. The van der Waals surface area contributed by atoms with Crippen molar-refractivity contribution in [3.8, 4) is 11.1 Å². The van der Waals surface area contributed by atoms with E-state index >= 15 is 0 Å². The van der Waals surface area contributed by atoms with E-state index < -0.39 is 0 Å². The number of rotatable bonds is 7. The molecule has 7 heteroatoms. The molecule has 2 aliphatic rings. The van der Waals surface area contributed by atoms with Gasteiger partial charge in [-0.2, -0.15) is 0 Å². The molecule has 1 N–H and O–H groups in total. The van der Waals surface area contributed by atoms with Gasteiger partial charge in [-0.15, -0.1) is 11.3 Å². The fourth-order valence-corrected chi connectivity index (χ4v) is 5.16. The van der Waals surface area contributed by atoms with Crippen molar-refractivity contribution < 1.29 is 9.47 Å². The summed E-state index contributed by atoms with van der Waals surface area (Å²) >= 11 is 1.70. The number of hydrogen-bond acceptors (Lipinski definition) is 7. The van der Waals surface area contributed by atoms with E-state index in [9.17, 15) is 0 Å². The highest BCUT2D eigenvalue weighted by atomic mass is 32.1. The number of morpholine rings is 1. The molecule has 158 valence electrons. The number of aromatic nitrogens is 2. The zero-order chi connectivity index (χ0) is 20.2. The van der Waals surface area contributed by atoms with E-state index in [2.05, 4.69) is 45.9 Å². The first-order valence-corrected chi connectivity index (χ1v) is 11.7. The molecule has 2 saturated heterocycles. The van der Waals surface area contributed by atoms with Gasteiger partial charge in [0.05, 0.1) is 31.2 Å². The van der Waals surface area contributed by atoms with E-state index in [0.717, 1.165) is 80.7 Å². The van der Waals surface area contributed by atoms with Crippen LogP contribution >= 0.6 is 11.3 Å². The Balaban J connectivity index is 1.44. The van der Waals surface area contributed by atoms with Gasteiger partial charge in [0.2, 0.25) is 0 Å². The molecule has 0 radical (unpaired) electrons. The predicted octanol–water partition coefficient (Wildman–Crippen LogP) is 4.17. The minimum atomic E-state index is 0.374. The Morgan fingerprint density at radius 3 is 2.77 bits per heavy atom. The van der Waals surface area contributed by atoms with Gasteiger partial charge < -0.3 is 14.8 Å². The van der Waals surface area contributed by atoms with Crippen molar-refractivity contribution >= 4 is 27.4 Å². The van der Waals surface area contributed by atoms with Crippen molar-refractivity contribution in [2.45, 2.75) is 31.9 Å². The second-order valence-corrected chi connectivity index (χ2v) is 8.78. The first-order chi connectivity index (χ1) is 14.9. The van der Waals surface area contributed by atoms with Crippen LogP contribution in [0, 0.1) is 0 Å². The lowest BCUT2D eigenvalue weighted by molar-refractivity contribution is 0.0331. The Bertz CT molecular complexity index is 966. The van der Waals surface area contributed by atoms with Crippen molar-refractivity contribution in [3.63, 3.8) is 0 Å². The van der Waals surface area contributed by atoms with E-state index in [0.29, 0.717) is 6.10 Å². The summed E-state index contributed by atoms with van der Waals surface area (Å²) < 4.78 is 11.3. The molecular weight excluding hydrogens is 396 g/mol. The molecule has 5 rings (SSSR count). The van der Waals surface area contributed by atoms with Crippen LogP contribution in [0.4, 0.5) is 5.82 Å². The highest BCUT2D eigenvalue weighted by Gasteiger charge is 2.19. The standard InChI is InChI=1S/C23H28N4O2S/c1-2-5-17(6-3-1)19-16-30-23-21(19)22(24-9-8-18-7-4-12-29-18)25-20(26-23)15-27-10-13-28-14-11-27/h1-3,5-6,16,18H,4,7-15H2,(H,24,25,26). The van der Waals surface area contributed by atoms with E-state index in [1.165, 1.54) is 17.5 Å². The van der Waals surface area contributed by atoms with Crippen LogP contribution in [0.25, 0.3) is 21.3 Å². The lowest BCUT2D eigenvalue weighted by Crippen LogP contribution is -2.36. The number of thiophene rings is 1. The highest BCUT2D eigenvalue weighted by Crippen LogP contribution is 2.37. The van der Waals surface area contributed by atoms with Crippen molar-refractivity contribution in [2.24, 2.45) is 0 Å². The molecule has 30 heavy (non-hydrogen) atoms. The first kappa shape index (κ1) is 19.9. The van der Waals surface area contributed by atoms with Crippen molar-refractivity contribution in [2.75, 3.05) is 44.8 Å². The van der Waals surface area contributed by atoms with Crippen LogP contribution in [0.15, 0.2) is 35.7 Å². The average Bonchev–Trinajstić information content (AvgIpc) is 3.45. The maximum Gasteiger partial charge on any atom is 0.146 e. The molecule has 2 aliphatic heterocycles. The van der Waals surface area contributed by atoms with E-state index in [1.807, 2.05) is 0 Å². The Morgan fingerprint density at radius 1 is 1.10 bits per heavy atom. The van der Waals surface area contributed by atoms with Crippen LogP contribution < -0.4 is 5.32 Å². The molecule has 4 heterocycles. The van der Waals surface area contributed by atoms with Crippen LogP contribution in [-0.2, 0) is 16.0 Å². The highest BCUT2D eigenvalue weighted by molar-refractivity contribution is 7.17. The molecule has 2 aromatic heterocycles. The minimum absolute atomic E-state index is 0.374. The second-order valence-electron chi connectivity index (χ2n) is 7.92. The Hall–Kier alpha value is -2.06. The number of anilines is 1. The van der Waals surface area contributed by atoms with Gasteiger partial charge >= 0.3 is 0 Å². The number of nitrogens with zero attached hydrogens (tertiary/aromatic N) is 3. The van der Waals surface area contributed by atoms with Gasteiger partial charge in [-0.3, -0.25) is 4.90 Å². The normalized spacial score (nSPS) is 20.1. The summed E-state index contributed by atoms with van der Waals surface area (Å²) in [7, 11) is 0. The number of benzene rings is 1. The molecule has 0 bridgehead atoms. The van der Waals surface area contributed by atoms with Gasteiger partial charge in [0.1, 0.15) is 16.5 Å². The average molecular weight is 425 g/mol. The van der Waals surface area contributed by atoms with Gasteiger partial charge in [-0.05, 0) is 24.8 Å². The van der Waals surface area contributed by atoms with Gasteiger partial charge in [-0.25, -0.2) is 9.97 Å². The van der Waals surface area contributed by atoms with Crippen LogP contribution in [-0.4, -0.2) is 60.4 Å². The molecule has 0 spiro atoms. The lowest BCUT2D eigenvalue weighted by Gasteiger charge is -2.25. The summed E-state index contributed by atoms with van der Waals surface area (Å²) in [5.74, 6) is 1.83. The molecule has 2 fully saturated rings. The first-order valence-electron chi connectivity index (χ1n) is 10.9. The Labute approximate surface area is 181 Å². The van der Waals surface area contributed by atoms with Gasteiger partial charge in [0.15, 0.2) is 0 Å². The molecule has 0 saturated carbocycles. The molecule has 6 nitrogen and oxygen atoms in total. The van der Waals surface area contributed by atoms with Crippen LogP contribution in [0.5, 0.6) is 0 Å². The maximum atomic E-state index is 5.79. The van der Waals surface area contributed by atoms with Gasteiger partial charge in [0, 0.05) is 37.2 Å². The quantitative estimate of drug-likeness (QED) is 0.614. The van der Waals surface area contributed by atoms with Crippen LogP contribution in [0.1, 0.15) is 25.1 Å². The Morgan fingerprint density at radius 2 is 1.97 bits per heavy atom. The van der Waals surface area contributed by atoms with Crippen molar-refractivity contribution in [3.05, 3.63) is 41.5 Å². The Kier molecular flexibility index (Phi) is 6.22. The van der Waals surface area contributed by atoms with Crippen molar-refractivity contribution in [1.82, 2.24) is 14.9 Å². The zero-order valence-corrected chi connectivity index (χ0v) is 18.0. The monoisotopic (exact) mass is 424 g/mol. The summed E-state index contributed by atoms with van der Waals surface area (Å²) in [6, 6.07) is 10.5. The minimum Gasteiger partial charge on any atom is -0.379 e. The fourth-order valence-electron chi connectivity index (χ4n) is 4.20. The lowest BCUT2D eigenvalue weighted by atomic mass is 10.1. The molecule has 0 amide bonds. The third-order valence-electron chi connectivity index (χ3n) is 5.82. The summed E-state index contributed by atoms with van der Waals surface area (Å²) in [5.41, 5.74) is 2.41. The molecule has 0 aliphatic carbocycles. The van der Waals surface area contributed by atoms with Crippen LogP contribution in [0.3, 0.4) is 0 Å². The molecule has 1 aromatic carbocycles. The summed E-state index contributed by atoms with van der Waals surface area (Å²) in [6.45, 7) is 5.95. The molecule has 1 unspecified atom stereocenters. The summed E-state index contributed by atoms with van der Waals surface area (Å²) in [6.07, 6.45) is 3.72. The topological polar surface area (TPSA) is 59.5 Å². The third kappa shape index (κ3) is 4.49. The summed E-state index contributed by atoms with van der Waals surface area (Å²) in [5, 5.41) is 6.96. The molecule has 1 atom stereocenters. The number of fused-ring (bicyclic) bond motifs is 1. The van der Waals surface area contributed by atoms with E-state index in [-0.39, 0.29) is 0 Å². The number of hydrogen-bond donors (Lipinski definition) is 1. The SMILES string of the molecule is c1ccc(-c2csc3nc(CN4CCOCC4)nc(NCCC4CCCO4)c23)cc1. The third-order valence-corrected chi connectivity index (χ3v) is 6.69. The van der Waals surface area contributed by atoms with E-state index in [1.54, 1.807) is 11.3 Å². The van der Waals surface area contributed by atoms with Crippen molar-refractivity contribution in [1.29, 1.82) is 0 Å². The fraction of sp³-hybridized carbons (Fsp3) is 0.478.